The average molecular weight is 602 g/mol. The van der Waals surface area contributed by atoms with E-state index in [-0.39, 0.29) is 17.7 Å². The van der Waals surface area contributed by atoms with Crippen molar-refractivity contribution in [2.75, 3.05) is 0 Å². The second-order valence-electron chi connectivity index (χ2n) is 9.08. The molecule has 0 fully saturated rings. The molecule has 0 spiro atoms. The fraction of sp³-hybridized carbons (Fsp3) is 0.0333. The SMILES string of the molecule is Fc1cc(OC(F)(F)c2c(F)cc(-c3ccc4cc(-c5nc6ccc(S)cc6s5)ccc4c3)cc2F)cc(F)c1F. The zero-order valence-corrected chi connectivity index (χ0v) is 22.1. The summed E-state index contributed by atoms with van der Waals surface area (Å²) in [5, 5.41) is 2.35. The number of hydrogen-bond acceptors (Lipinski definition) is 4. The Labute approximate surface area is 237 Å². The van der Waals surface area contributed by atoms with Crippen LogP contribution in [0.5, 0.6) is 5.75 Å². The largest absolute Gasteiger partial charge is 0.432 e. The molecule has 6 aromatic rings. The number of benzene rings is 5. The van der Waals surface area contributed by atoms with Crippen LogP contribution >= 0.6 is 24.0 Å². The molecule has 0 unspecified atom stereocenters. The van der Waals surface area contributed by atoms with Crippen LogP contribution in [0.1, 0.15) is 5.56 Å². The molecular formula is C30H14F7NOS2. The van der Waals surface area contributed by atoms with Gasteiger partial charge in [0, 0.05) is 22.6 Å². The van der Waals surface area contributed by atoms with Crippen molar-refractivity contribution in [2.45, 2.75) is 11.0 Å². The molecule has 0 saturated carbocycles. The summed E-state index contributed by atoms with van der Waals surface area (Å²) in [5.41, 5.74) is 0.272. The van der Waals surface area contributed by atoms with Gasteiger partial charge < -0.3 is 4.74 Å². The van der Waals surface area contributed by atoms with Crippen LogP contribution in [0.15, 0.2) is 83.8 Å². The fourth-order valence-corrected chi connectivity index (χ4v) is 5.70. The lowest BCUT2D eigenvalue weighted by Gasteiger charge is -2.20. The van der Waals surface area contributed by atoms with Crippen molar-refractivity contribution in [3.05, 3.63) is 114 Å². The van der Waals surface area contributed by atoms with E-state index in [4.69, 9.17) is 0 Å². The first-order valence-electron chi connectivity index (χ1n) is 11.8. The van der Waals surface area contributed by atoms with Crippen molar-refractivity contribution in [1.82, 2.24) is 4.98 Å². The van der Waals surface area contributed by atoms with E-state index in [0.29, 0.717) is 17.7 Å². The standard InChI is InChI=1S/C30H14F7NOS2/c31-21-9-18(10-22(32)27(21)30(36,37)39-19-11-23(33)28(35)24(34)12-19)16-2-1-15-8-17(4-3-14(15)7-16)29-38-25-6-5-20(40)13-26(25)41-29/h1-13,40H. The third kappa shape index (κ3) is 5.11. The van der Waals surface area contributed by atoms with Gasteiger partial charge in [-0.1, -0.05) is 24.3 Å². The molecule has 0 aliphatic carbocycles. The molecule has 2 nitrogen and oxygen atoms in total. The highest BCUT2D eigenvalue weighted by molar-refractivity contribution is 7.80. The van der Waals surface area contributed by atoms with E-state index < -0.39 is 46.5 Å². The highest BCUT2D eigenvalue weighted by Gasteiger charge is 2.41. The molecule has 5 aromatic carbocycles. The maximum absolute atomic E-state index is 14.9. The van der Waals surface area contributed by atoms with Crippen LogP contribution < -0.4 is 4.74 Å². The molecule has 0 radical (unpaired) electrons. The summed E-state index contributed by atoms with van der Waals surface area (Å²) in [4.78, 5) is 5.49. The zero-order valence-electron chi connectivity index (χ0n) is 20.4. The van der Waals surface area contributed by atoms with Crippen molar-refractivity contribution in [3.8, 4) is 27.4 Å². The quantitative estimate of drug-likeness (QED) is 0.121. The lowest BCUT2D eigenvalue weighted by atomic mass is 9.98. The van der Waals surface area contributed by atoms with E-state index in [1.165, 1.54) is 11.3 Å². The molecule has 0 amide bonds. The van der Waals surface area contributed by atoms with Gasteiger partial charge >= 0.3 is 6.11 Å². The Balaban J connectivity index is 1.31. The average Bonchev–Trinajstić information content (AvgIpc) is 3.33. The number of ether oxygens (including phenoxy) is 1. The number of rotatable bonds is 5. The number of fused-ring (bicyclic) bond motifs is 2. The smallest absolute Gasteiger partial charge is 0.429 e. The summed E-state index contributed by atoms with van der Waals surface area (Å²) in [5.74, 6) is -9.96. The minimum Gasteiger partial charge on any atom is -0.429 e. The Bertz CT molecular complexity index is 1940. The summed E-state index contributed by atoms with van der Waals surface area (Å²) in [6, 6.07) is 17.9. The van der Waals surface area contributed by atoms with Crippen LogP contribution in [-0.4, -0.2) is 4.98 Å². The number of nitrogens with zero attached hydrogens (tertiary/aromatic N) is 1. The van der Waals surface area contributed by atoms with Crippen LogP contribution in [0.3, 0.4) is 0 Å². The van der Waals surface area contributed by atoms with Crippen LogP contribution in [0, 0.1) is 29.1 Å². The Hall–Kier alpha value is -4.09. The number of thiol groups is 1. The van der Waals surface area contributed by atoms with Gasteiger partial charge in [0.2, 0.25) is 0 Å². The Morgan fingerprint density at radius 3 is 1.93 bits per heavy atom. The second kappa shape index (κ2) is 10.1. The van der Waals surface area contributed by atoms with Gasteiger partial charge in [0.1, 0.15) is 28.0 Å². The Morgan fingerprint density at radius 2 is 1.27 bits per heavy atom. The normalized spacial score (nSPS) is 11.9. The molecule has 206 valence electrons. The first kappa shape index (κ1) is 27.1. The highest BCUT2D eigenvalue weighted by atomic mass is 32.1. The van der Waals surface area contributed by atoms with Crippen molar-refractivity contribution in [3.63, 3.8) is 0 Å². The Morgan fingerprint density at radius 1 is 0.659 bits per heavy atom. The fourth-order valence-electron chi connectivity index (χ4n) is 4.40. The highest BCUT2D eigenvalue weighted by Crippen LogP contribution is 2.39. The lowest BCUT2D eigenvalue weighted by molar-refractivity contribution is -0.189. The van der Waals surface area contributed by atoms with E-state index >= 15 is 0 Å². The van der Waals surface area contributed by atoms with Crippen molar-refractivity contribution in [1.29, 1.82) is 0 Å². The van der Waals surface area contributed by atoms with Crippen molar-refractivity contribution >= 4 is 45.0 Å². The van der Waals surface area contributed by atoms with E-state index in [9.17, 15) is 30.7 Å². The molecule has 1 aromatic heterocycles. The molecule has 11 heteroatoms. The number of thiazole rings is 1. The van der Waals surface area contributed by atoms with E-state index in [1.807, 2.05) is 36.4 Å². The lowest BCUT2D eigenvalue weighted by Crippen LogP contribution is -2.25. The summed E-state index contributed by atoms with van der Waals surface area (Å²) in [7, 11) is 0. The van der Waals surface area contributed by atoms with Crippen molar-refractivity contribution in [2.24, 2.45) is 0 Å². The van der Waals surface area contributed by atoms with Gasteiger partial charge in [-0.15, -0.1) is 24.0 Å². The number of halogens is 7. The Kier molecular flexibility index (Phi) is 6.66. The maximum Gasteiger partial charge on any atom is 0.432 e. The minimum atomic E-state index is -4.67. The number of aromatic nitrogens is 1. The minimum absolute atomic E-state index is 0.0295. The van der Waals surface area contributed by atoms with E-state index in [1.54, 1.807) is 18.2 Å². The summed E-state index contributed by atoms with van der Waals surface area (Å²) in [6.07, 6.45) is -4.67. The summed E-state index contributed by atoms with van der Waals surface area (Å²) < 4.78 is 104. The van der Waals surface area contributed by atoms with E-state index in [0.717, 1.165) is 36.5 Å². The molecule has 1 heterocycles. The van der Waals surface area contributed by atoms with Gasteiger partial charge in [-0.25, -0.2) is 26.9 Å². The number of alkyl halides is 2. The monoisotopic (exact) mass is 601 g/mol. The van der Waals surface area contributed by atoms with Crippen LogP contribution in [0.4, 0.5) is 30.7 Å². The first-order chi connectivity index (χ1) is 19.5. The molecule has 6 rings (SSSR count). The molecule has 41 heavy (non-hydrogen) atoms. The predicted molar refractivity (Wildman–Crippen MR) is 146 cm³/mol. The molecule has 0 bridgehead atoms. The zero-order chi connectivity index (χ0) is 29.1. The van der Waals surface area contributed by atoms with Crippen LogP contribution in [-0.2, 0) is 6.11 Å². The van der Waals surface area contributed by atoms with Gasteiger partial charge in [-0.2, -0.15) is 8.78 Å². The predicted octanol–water partition coefficient (Wildman–Crippen LogP) is 9.90. The second-order valence-corrected chi connectivity index (χ2v) is 10.6. The van der Waals surface area contributed by atoms with E-state index in [2.05, 4.69) is 22.3 Å². The third-order valence-electron chi connectivity index (χ3n) is 6.33. The molecule has 0 aliphatic rings. The van der Waals surface area contributed by atoms with Gasteiger partial charge in [0.05, 0.1) is 10.2 Å². The topological polar surface area (TPSA) is 22.1 Å². The van der Waals surface area contributed by atoms with Crippen molar-refractivity contribution < 1.29 is 35.5 Å². The maximum atomic E-state index is 14.9. The molecule has 0 atom stereocenters. The van der Waals surface area contributed by atoms with Gasteiger partial charge in [-0.05, 0) is 64.4 Å². The van der Waals surface area contributed by atoms with Crippen LogP contribution in [0.2, 0.25) is 0 Å². The van der Waals surface area contributed by atoms with Gasteiger partial charge in [0.15, 0.2) is 17.5 Å². The summed E-state index contributed by atoms with van der Waals surface area (Å²) in [6.45, 7) is 0. The van der Waals surface area contributed by atoms with Gasteiger partial charge in [0.25, 0.3) is 0 Å². The first-order valence-corrected chi connectivity index (χ1v) is 13.1. The molecule has 0 saturated heterocycles. The number of hydrogen-bond donors (Lipinski definition) is 1. The molecular weight excluding hydrogens is 587 g/mol. The van der Waals surface area contributed by atoms with Crippen LogP contribution in [0.25, 0.3) is 42.7 Å². The molecule has 0 aliphatic heterocycles. The third-order valence-corrected chi connectivity index (χ3v) is 7.67. The molecule has 0 N–H and O–H groups in total. The summed E-state index contributed by atoms with van der Waals surface area (Å²) >= 11 is 5.87. The van der Waals surface area contributed by atoms with Gasteiger partial charge in [-0.3, -0.25) is 0 Å².